The quantitative estimate of drug-likeness (QED) is 0.432. The number of rotatable bonds is 4. The Labute approximate surface area is 116 Å². The highest BCUT2D eigenvalue weighted by atomic mass is 16.3. The number of nitrogens with zero attached hydrogens (tertiary/aromatic N) is 1. The first-order valence-electron chi connectivity index (χ1n) is 6.27. The molecular formula is C13H16N4O3. The summed E-state index contributed by atoms with van der Waals surface area (Å²) in [5.74, 6) is -0.343. The van der Waals surface area contributed by atoms with Gasteiger partial charge < -0.3 is 15.7 Å². The van der Waals surface area contributed by atoms with Crippen LogP contribution in [0.1, 0.15) is 12.0 Å². The number of piperazine rings is 1. The van der Waals surface area contributed by atoms with Gasteiger partial charge >= 0.3 is 0 Å². The van der Waals surface area contributed by atoms with E-state index in [1.807, 2.05) is 0 Å². The predicted molar refractivity (Wildman–Crippen MR) is 73.3 cm³/mol. The summed E-state index contributed by atoms with van der Waals surface area (Å²) in [7, 11) is 0. The lowest BCUT2D eigenvalue weighted by Crippen LogP contribution is -2.54. The smallest absolute Gasteiger partial charge is 0.242 e. The van der Waals surface area contributed by atoms with Crippen LogP contribution in [0.2, 0.25) is 0 Å². The third kappa shape index (κ3) is 4.06. The van der Waals surface area contributed by atoms with Crippen LogP contribution in [0.5, 0.6) is 5.75 Å². The van der Waals surface area contributed by atoms with Gasteiger partial charge in [-0.05, 0) is 29.8 Å². The zero-order valence-corrected chi connectivity index (χ0v) is 10.8. The zero-order valence-electron chi connectivity index (χ0n) is 10.8. The van der Waals surface area contributed by atoms with Crippen molar-refractivity contribution in [1.82, 2.24) is 16.1 Å². The van der Waals surface area contributed by atoms with E-state index in [0.29, 0.717) is 13.1 Å². The van der Waals surface area contributed by atoms with E-state index >= 15 is 0 Å². The van der Waals surface area contributed by atoms with Crippen molar-refractivity contribution in [3.63, 3.8) is 0 Å². The lowest BCUT2D eigenvalue weighted by molar-refractivity contribution is -0.129. The molecule has 4 N–H and O–H groups in total. The van der Waals surface area contributed by atoms with Crippen LogP contribution in [0, 0.1) is 0 Å². The first-order chi connectivity index (χ1) is 9.65. The Kier molecular flexibility index (Phi) is 4.67. The van der Waals surface area contributed by atoms with Gasteiger partial charge in [-0.3, -0.25) is 9.59 Å². The molecule has 0 saturated carbocycles. The van der Waals surface area contributed by atoms with Crippen LogP contribution < -0.4 is 16.1 Å². The lowest BCUT2D eigenvalue weighted by atomic mass is 10.1. The second-order valence-electron chi connectivity index (χ2n) is 4.39. The molecule has 1 aromatic carbocycles. The molecule has 0 unspecified atom stereocenters. The Morgan fingerprint density at radius 3 is 2.85 bits per heavy atom. The van der Waals surface area contributed by atoms with E-state index in [1.54, 1.807) is 12.1 Å². The van der Waals surface area contributed by atoms with Gasteiger partial charge in [0.2, 0.25) is 11.8 Å². The Morgan fingerprint density at radius 1 is 1.40 bits per heavy atom. The van der Waals surface area contributed by atoms with Gasteiger partial charge in [0.25, 0.3) is 0 Å². The minimum atomic E-state index is -0.507. The molecule has 1 aromatic rings. The van der Waals surface area contributed by atoms with Gasteiger partial charge in [0.15, 0.2) is 0 Å². The van der Waals surface area contributed by atoms with Gasteiger partial charge in [-0.1, -0.05) is 0 Å². The third-order valence-electron chi connectivity index (χ3n) is 2.82. The van der Waals surface area contributed by atoms with E-state index in [2.05, 4.69) is 21.2 Å². The van der Waals surface area contributed by atoms with E-state index in [-0.39, 0.29) is 24.0 Å². The van der Waals surface area contributed by atoms with E-state index in [9.17, 15) is 9.59 Å². The summed E-state index contributed by atoms with van der Waals surface area (Å²) in [5, 5.41) is 18.6. The molecule has 1 heterocycles. The molecule has 7 nitrogen and oxygen atoms in total. The average Bonchev–Trinajstić information content (AvgIpc) is 2.44. The second-order valence-corrected chi connectivity index (χ2v) is 4.39. The van der Waals surface area contributed by atoms with Crippen LogP contribution in [0.25, 0.3) is 0 Å². The number of hydrogen-bond donors (Lipinski definition) is 4. The van der Waals surface area contributed by atoms with Crippen molar-refractivity contribution in [3.05, 3.63) is 29.8 Å². The fraction of sp³-hybridized carbons (Fsp3) is 0.308. The Hall–Kier alpha value is -2.41. The summed E-state index contributed by atoms with van der Waals surface area (Å²) < 4.78 is 0. The number of nitrogens with one attached hydrogen (secondary N) is 3. The number of phenols is 1. The highest BCUT2D eigenvalue weighted by Crippen LogP contribution is 2.07. The first kappa shape index (κ1) is 14.0. The summed E-state index contributed by atoms with van der Waals surface area (Å²) in [6.45, 7) is 1.23. The molecule has 1 fully saturated rings. The number of carbonyl (C=O) groups is 2. The number of hydrazone groups is 1. The molecule has 106 valence electrons. The lowest BCUT2D eigenvalue weighted by Gasteiger charge is -2.22. The molecule has 0 aromatic heterocycles. The van der Waals surface area contributed by atoms with E-state index < -0.39 is 6.04 Å². The van der Waals surface area contributed by atoms with E-state index in [0.717, 1.165) is 5.56 Å². The molecule has 1 atom stereocenters. The topological polar surface area (TPSA) is 103 Å². The number of amides is 2. The van der Waals surface area contributed by atoms with Crippen LogP contribution in [0.3, 0.4) is 0 Å². The molecule has 2 amide bonds. The maximum Gasteiger partial charge on any atom is 0.242 e. The zero-order chi connectivity index (χ0) is 14.4. The Morgan fingerprint density at radius 2 is 2.15 bits per heavy atom. The Bertz CT molecular complexity index is 513. The van der Waals surface area contributed by atoms with Crippen LogP contribution >= 0.6 is 0 Å². The first-order valence-corrected chi connectivity index (χ1v) is 6.27. The number of hydrogen-bond acceptors (Lipinski definition) is 5. The molecule has 0 aliphatic carbocycles. The van der Waals surface area contributed by atoms with E-state index in [1.165, 1.54) is 18.3 Å². The summed E-state index contributed by atoms with van der Waals surface area (Å²) in [4.78, 5) is 23.1. The Balaban J connectivity index is 1.79. The van der Waals surface area contributed by atoms with Crippen molar-refractivity contribution in [2.24, 2.45) is 5.10 Å². The molecule has 1 saturated heterocycles. The summed E-state index contributed by atoms with van der Waals surface area (Å²) in [6.07, 6.45) is 1.50. The molecule has 0 bridgehead atoms. The van der Waals surface area contributed by atoms with Gasteiger partial charge in [0.05, 0.1) is 18.7 Å². The average molecular weight is 276 g/mol. The van der Waals surface area contributed by atoms with Gasteiger partial charge in [-0.25, -0.2) is 5.43 Å². The third-order valence-corrected chi connectivity index (χ3v) is 2.82. The maximum absolute atomic E-state index is 11.6. The van der Waals surface area contributed by atoms with Crippen molar-refractivity contribution in [3.8, 4) is 5.75 Å². The highest BCUT2D eigenvalue weighted by Gasteiger charge is 2.23. The second kappa shape index (κ2) is 6.67. The molecule has 1 aliphatic heterocycles. The monoisotopic (exact) mass is 276 g/mol. The minimum Gasteiger partial charge on any atom is -0.508 e. The van der Waals surface area contributed by atoms with Crippen molar-refractivity contribution in [1.29, 1.82) is 0 Å². The number of benzene rings is 1. The van der Waals surface area contributed by atoms with Crippen LogP contribution in [-0.2, 0) is 9.59 Å². The molecule has 0 radical (unpaired) electrons. The van der Waals surface area contributed by atoms with Crippen LogP contribution in [0.15, 0.2) is 29.4 Å². The molecular weight excluding hydrogens is 260 g/mol. The van der Waals surface area contributed by atoms with Crippen LogP contribution in [-0.4, -0.2) is 42.3 Å². The van der Waals surface area contributed by atoms with Crippen LogP contribution in [0.4, 0.5) is 0 Å². The summed E-state index contributed by atoms with van der Waals surface area (Å²) >= 11 is 0. The SMILES string of the molecule is O=C(C[C@@H]1NCCNC1=O)N/N=C\c1ccc(O)cc1. The maximum atomic E-state index is 11.6. The van der Waals surface area contributed by atoms with E-state index in [4.69, 9.17) is 5.11 Å². The van der Waals surface area contributed by atoms with Crippen molar-refractivity contribution in [2.45, 2.75) is 12.5 Å². The van der Waals surface area contributed by atoms with Gasteiger partial charge in [0, 0.05) is 13.1 Å². The largest absolute Gasteiger partial charge is 0.508 e. The number of carbonyl (C=O) groups excluding carboxylic acids is 2. The fourth-order valence-corrected chi connectivity index (χ4v) is 1.78. The van der Waals surface area contributed by atoms with Gasteiger partial charge in [-0.2, -0.15) is 5.10 Å². The normalized spacial score (nSPS) is 18.8. The molecule has 7 heteroatoms. The molecule has 2 rings (SSSR count). The predicted octanol–water partition coefficient (Wildman–Crippen LogP) is -0.680. The molecule has 20 heavy (non-hydrogen) atoms. The number of phenolic OH excluding ortho intramolecular Hbond substituents is 1. The highest BCUT2D eigenvalue weighted by molar-refractivity contribution is 5.89. The molecule has 1 aliphatic rings. The van der Waals surface area contributed by atoms with Crippen molar-refractivity contribution in [2.75, 3.05) is 13.1 Å². The standard InChI is InChI=1S/C13H16N4O3/c18-10-3-1-9(2-4-10)8-16-17-12(19)7-11-13(20)15-6-5-14-11/h1-4,8,11,14,18H,5-7H2,(H,15,20)(H,17,19)/b16-8-/t11-/m0/s1. The van der Waals surface area contributed by atoms with Gasteiger partial charge in [-0.15, -0.1) is 0 Å². The summed E-state index contributed by atoms with van der Waals surface area (Å²) in [6, 6.07) is 5.88. The van der Waals surface area contributed by atoms with Crippen molar-refractivity contribution < 1.29 is 14.7 Å². The minimum absolute atomic E-state index is 0.0404. The fourth-order valence-electron chi connectivity index (χ4n) is 1.78. The summed E-state index contributed by atoms with van der Waals surface area (Å²) in [5.41, 5.74) is 3.11. The molecule has 0 spiro atoms. The van der Waals surface area contributed by atoms with Gasteiger partial charge in [0.1, 0.15) is 5.75 Å². The number of aromatic hydroxyl groups is 1. The van der Waals surface area contributed by atoms with Crippen molar-refractivity contribution >= 4 is 18.0 Å².